The van der Waals surface area contributed by atoms with Crippen LogP contribution in [0.15, 0.2) is 54.1 Å². The number of hydrogen-bond acceptors (Lipinski definition) is 8. The van der Waals surface area contributed by atoms with Crippen molar-refractivity contribution in [1.29, 1.82) is 0 Å². The summed E-state index contributed by atoms with van der Waals surface area (Å²) in [7, 11) is 3.19. The van der Waals surface area contributed by atoms with E-state index < -0.39 is 18.2 Å². The number of methoxy groups -OCH3 is 2. The molecule has 0 aliphatic heterocycles. The highest BCUT2D eigenvalue weighted by Gasteiger charge is 2.41. The van der Waals surface area contributed by atoms with Gasteiger partial charge in [-0.05, 0) is 102 Å². The number of nitrogens with one attached hydrogen (secondary N) is 1. The predicted octanol–water partition coefficient (Wildman–Crippen LogP) is 4.77. The molecule has 6 unspecified atom stereocenters. The van der Waals surface area contributed by atoms with Crippen LogP contribution in [0, 0.1) is 21.3 Å². The van der Waals surface area contributed by atoms with Crippen molar-refractivity contribution in [3.63, 3.8) is 0 Å². The SMILES string of the molecule is COc1ccc(OC)c(CCN(C(=O)COC2CC(C)CCC2C(C)C)C2CC(C(=O)NCCO)=CC(Oc3ccccc3I)C2O)c1. The molecule has 0 bridgehead atoms. The standard InChI is InChI=1S/C37H51IN2O8/c1-23(2)28-12-10-24(3)18-33(28)47-22-35(42)40(16-14-25-19-27(45-4)11-13-31(25)46-5)30-20-26(37(44)39-15-17-41)21-34(36(30)43)48-32-9-7-6-8-29(32)38/h6-9,11,13,19,21,23-24,28,30,33-34,36,41,43H,10,12,14-18,20,22H2,1-5H3,(H,39,44). The Labute approximate surface area is 298 Å². The van der Waals surface area contributed by atoms with Gasteiger partial charge in [0.1, 0.15) is 36.1 Å². The number of aliphatic hydroxyl groups is 2. The van der Waals surface area contributed by atoms with E-state index in [9.17, 15) is 19.8 Å². The molecule has 2 amide bonds. The van der Waals surface area contributed by atoms with Gasteiger partial charge in [-0.3, -0.25) is 9.59 Å². The first-order chi connectivity index (χ1) is 23.1. The molecule has 264 valence electrons. The average molecular weight is 779 g/mol. The maximum atomic E-state index is 14.3. The number of ether oxygens (including phenoxy) is 4. The van der Waals surface area contributed by atoms with Crippen molar-refractivity contribution in [3.8, 4) is 17.2 Å². The summed E-state index contributed by atoms with van der Waals surface area (Å²) in [5, 5.41) is 24.0. The summed E-state index contributed by atoms with van der Waals surface area (Å²) in [5.74, 6) is 2.52. The molecular formula is C37H51IN2O8. The third-order valence-corrected chi connectivity index (χ3v) is 10.4. The fourth-order valence-electron chi connectivity index (χ4n) is 6.83. The lowest BCUT2D eigenvalue weighted by Gasteiger charge is -2.41. The molecule has 11 heteroatoms. The summed E-state index contributed by atoms with van der Waals surface area (Å²) in [6.45, 7) is 6.58. The summed E-state index contributed by atoms with van der Waals surface area (Å²) in [5.41, 5.74) is 1.21. The fourth-order valence-corrected chi connectivity index (χ4v) is 7.34. The van der Waals surface area contributed by atoms with Crippen LogP contribution in [0.3, 0.4) is 0 Å². The Balaban J connectivity index is 1.66. The van der Waals surface area contributed by atoms with Gasteiger partial charge in [-0.15, -0.1) is 0 Å². The lowest BCUT2D eigenvalue weighted by Crippen LogP contribution is -2.56. The van der Waals surface area contributed by atoms with E-state index in [0.717, 1.165) is 28.4 Å². The fraction of sp³-hybridized carbons (Fsp3) is 0.568. The molecule has 0 aromatic heterocycles. The molecule has 1 saturated carbocycles. The molecule has 2 aromatic carbocycles. The number of benzene rings is 2. The van der Waals surface area contributed by atoms with E-state index in [-0.39, 0.29) is 50.6 Å². The van der Waals surface area contributed by atoms with E-state index in [4.69, 9.17) is 18.9 Å². The van der Waals surface area contributed by atoms with Crippen LogP contribution in [0.5, 0.6) is 17.2 Å². The van der Waals surface area contributed by atoms with Gasteiger partial charge in [-0.25, -0.2) is 0 Å². The molecule has 10 nitrogen and oxygen atoms in total. The number of hydrogen-bond donors (Lipinski definition) is 3. The Morgan fingerprint density at radius 3 is 2.54 bits per heavy atom. The highest BCUT2D eigenvalue weighted by molar-refractivity contribution is 14.1. The topological polar surface area (TPSA) is 127 Å². The zero-order chi connectivity index (χ0) is 34.8. The van der Waals surface area contributed by atoms with Crippen molar-refractivity contribution in [2.75, 3.05) is 40.5 Å². The van der Waals surface area contributed by atoms with Crippen LogP contribution in [0.2, 0.25) is 0 Å². The number of nitrogens with zero attached hydrogens (tertiary/aromatic N) is 1. The lowest BCUT2D eigenvalue weighted by atomic mass is 9.75. The summed E-state index contributed by atoms with van der Waals surface area (Å²) in [4.78, 5) is 29.2. The van der Waals surface area contributed by atoms with Gasteiger partial charge in [0.25, 0.3) is 0 Å². The zero-order valence-electron chi connectivity index (χ0n) is 28.7. The molecule has 0 spiro atoms. The number of carbonyl (C=O) groups excluding carboxylic acids is 2. The molecule has 0 radical (unpaired) electrons. The number of amides is 2. The Morgan fingerprint density at radius 1 is 1.08 bits per heavy atom. The highest BCUT2D eigenvalue weighted by atomic mass is 127. The second kappa shape index (κ2) is 18.2. The third-order valence-electron chi connectivity index (χ3n) is 9.53. The molecule has 2 aromatic rings. The predicted molar refractivity (Wildman–Crippen MR) is 192 cm³/mol. The van der Waals surface area contributed by atoms with Gasteiger partial charge < -0.3 is 39.4 Å². The smallest absolute Gasteiger partial charge is 0.248 e. The van der Waals surface area contributed by atoms with Crippen LogP contribution in [0.25, 0.3) is 0 Å². The maximum absolute atomic E-state index is 14.3. The highest BCUT2D eigenvalue weighted by Crippen LogP contribution is 2.36. The second-order valence-corrected chi connectivity index (χ2v) is 14.3. The summed E-state index contributed by atoms with van der Waals surface area (Å²) in [6, 6.07) is 12.2. The Hall–Kier alpha value is -2.87. The van der Waals surface area contributed by atoms with Crippen molar-refractivity contribution in [3.05, 3.63) is 63.2 Å². The normalized spacial score (nSPS) is 24.1. The Morgan fingerprint density at radius 2 is 1.85 bits per heavy atom. The van der Waals surface area contributed by atoms with Gasteiger partial charge in [0, 0.05) is 25.1 Å². The van der Waals surface area contributed by atoms with Crippen LogP contribution in [-0.2, 0) is 20.7 Å². The average Bonchev–Trinajstić information content (AvgIpc) is 3.08. The first-order valence-electron chi connectivity index (χ1n) is 16.9. The first-order valence-corrected chi connectivity index (χ1v) is 17.9. The van der Waals surface area contributed by atoms with Crippen molar-refractivity contribution in [2.24, 2.45) is 17.8 Å². The summed E-state index contributed by atoms with van der Waals surface area (Å²) < 4.78 is 24.7. The zero-order valence-corrected chi connectivity index (χ0v) is 30.9. The molecular weight excluding hydrogens is 727 g/mol. The van der Waals surface area contributed by atoms with Crippen molar-refractivity contribution in [2.45, 2.75) is 77.2 Å². The van der Waals surface area contributed by atoms with Crippen LogP contribution in [0.1, 0.15) is 52.0 Å². The minimum absolute atomic E-state index is 0.0368. The molecule has 3 N–H and O–H groups in total. The van der Waals surface area contributed by atoms with Crippen LogP contribution >= 0.6 is 22.6 Å². The minimum Gasteiger partial charge on any atom is -0.497 e. The van der Waals surface area contributed by atoms with Crippen molar-refractivity contribution < 1.29 is 38.7 Å². The minimum atomic E-state index is -1.15. The van der Waals surface area contributed by atoms with Crippen molar-refractivity contribution >= 4 is 34.4 Å². The van der Waals surface area contributed by atoms with Crippen molar-refractivity contribution in [1.82, 2.24) is 10.2 Å². The molecule has 1 fully saturated rings. The number of para-hydroxylation sites is 1. The quantitative estimate of drug-likeness (QED) is 0.221. The van der Waals surface area contributed by atoms with Crippen LogP contribution < -0.4 is 19.5 Å². The second-order valence-electron chi connectivity index (χ2n) is 13.1. The molecule has 6 atom stereocenters. The Kier molecular flexibility index (Phi) is 14.4. The number of aliphatic hydroxyl groups excluding tert-OH is 2. The van der Waals surface area contributed by atoms with Gasteiger partial charge in [0.15, 0.2) is 0 Å². The van der Waals surface area contributed by atoms with E-state index >= 15 is 0 Å². The van der Waals surface area contributed by atoms with Gasteiger partial charge in [-0.2, -0.15) is 0 Å². The first kappa shape index (κ1) is 37.9. The molecule has 0 saturated heterocycles. The molecule has 0 heterocycles. The van der Waals surface area contributed by atoms with E-state index in [1.165, 1.54) is 0 Å². The van der Waals surface area contributed by atoms with Gasteiger partial charge in [-0.1, -0.05) is 39.3 Å². The molecule has 4 rings (SSSR count). The van der Waals surface area contributed by atoms with Crippen LogP contribution in [-0.4, -0.2) is 91.8 Å². The molecule has 48 heavy (non-hydrogen) atoms. The number of carbonyl (C=O) groups is 2. The van der Waals surface area contributed by atoms with E-state index in [1.54, 1.807) is 31.3 Å². The molecule has 2 aliphatic carbocycles. The number of halogens is 1. The number of rotatable bonds is 15. The summed E-state index contributed by atoms with van der Waals surface area (Å²) >= 11 is 2.16. The molecule has 2 aliphatic rings. The van der Waals surface area contributed by atoms with Gasteiger partial charge in [0.05, 0.1) is 36.5 Å². The Bertz CT molecular complexity index is 1400. The van der Waals surface area contributed by atoms with Crippen LogP contribution in [0.4, 0.5) is 0 Å². The monoisotopic (exact) mass is 778 g/mol. The largest absolute Gasteiger partial charge is 0.497 e. The van der Waals surface area contributed by atoms with E-state index in [0.29, 0.717) is 47.0 Å². The third kappa shape index (κ3) is 9.86. The van der Waals surface area contributed by atoms with E-state index in [1.807, 2.05) is 36.4 Å². The summed E-state index contributed by atoms with van der Waals surface area (Å²) in [6.07, 6.45) is 3.13. The van der Waals surface area contributed by atoms with Gasteiger partial charge >= 0.3 is 0 Å². The maximum Gasteiger partial charge on any atom is 0.248 e. The lowest BCUT2D eigenvalue weighted by molar-refractivity contribution is -0.148. The van der Waals surface area contributed by atoms with E-state index in [2.05, 4.69) is 48.7 Å². The van der Waals surface area contributed by atoms with Gasteiger partial charge in [0.2, 0.25) is 11.8 Å².